The van der Waals surface area contributed by atoms with Crippen molar-refractivity contribution in [1.82, 2.24) is 9.88 Å². The average Bonchev–Trinajstić information content (AvgIpc) is 3.00. The van der Waals surface area contributed by atoms with Gasteiger partial charge in [0, 0.05) is 30.9 Å². The predicted octanol–water partition coefficient (Wildman–Crippen LogP) is 0.491. The summed E-state index contributed by atoms with van der Waals surface area (Å²) in [6.07, 6.45) is 1.87. The Kier molecular flexibility index (Phi) is 3.63. The van der Waals surface area contributed by atoms with Gasteiger partial charge in [0.1, 0.15) is 0 Å². The molecule has 2 saturated heterocycles. The summed E-state index contributed by atoms with van der Waals surface area (Å²) in [5, 5.41) is 9.15. The van der Waals surface area contributed by atoms with Crippen LogP contribution in [-0.2, 0) is 20.7 Å². The third-order valence-electron chi connectivity index (χ3n) is 4.31. The number of carbonyl (C=O) groups excluding carboxylic acids is 1. The van der Waals surface area contributed by atoms with Crippen molar-refractivity contribution in [2.75, 3.05) is 19.7 Å². The lowest BCUT2D eigenvalue weighted by atomic mass is 9.93. The molecule has 0 bridgehead atoms. The number of fused-ring (bicyclic) bond motifs is 1. The van der Waals surface area contributed by atoms with E-state index in [9.17, 15) is 9.59 Å². The maximum atomic E-state index is 12.3. The van der Waals surface area contributed by atoms with Crippen LogP contribution in [0.25, 0.3) is 0 Å². The molecule has 6 nitrogen and oxygen atoms in total. The first-order chi connectivity index (χ1) is 10.0. The number of amides is 1. The lowest BCUT2D eigenvalue weighted by molar-refractivity contribution is -0.143. The van der Waals surface area contributed by atoms with E-state index in [1.807, 2.05) is 19.1 Å². The fourth-order valence-electron chi connectivity index (χ4n) is 3.06. The van der Waals surface area contributed by atoms with Crippen LogP contribution in [0.15, 0.2) is 18.3 Å². The summed E-state index contributed by atoms with van der Waals surface area (Å²) in [5.41, 5.74) is 1.79. The molecule has 2 fully saturated rings. The average molecular weight is 290 g/mol. The number of rotatable bonds is 3. The quantitative estimate of drug-likeness (QED) is 0.876. The monoisotopic (exact) mass is 290 g/mol. The molecule has 0 aliphatic carbocycles. The number of aliphatic carboxylic acids is 1. The van der Waals surface area contributed by atoms with Crippen molar-refractivity contribution in [3.05, 3.63) is 29.6 Å². The zero-order valence-electron chi connectivity index (χ0n) is 11.9. The van der Waals surface area contributed by atoms with Crippen molar-refractivity contribution in [2.24, 2.45) is 11.8 Å². The molecule has 2 aliphatic heterocycles. The van der Waals surface area contributed by atoms with Crippen molar-refractivity contribution in [2.45, 2.75) is 19.4 Å². The van der Waals surface area contributed by atoms with Crippen molar-refractivity contribution < 1.29 is 19.4 Å². The van der Waals surface area contributed by atoms with Gasteiger partial charge in [-0.15, -0.1) is 0 Å². The molecular weight excluding hydrogens is 272 g/mol. The molecule has 1 N–H and O–H groups in total. The Morgan fingerprint density at radius 3 is 2.90 bits per heavy atom. The molecule has 1 aromatic rings. The number of aryl methyl sites for hydroxylation is 1. The first-order valence-electron chi connectivity index (χ1n) is 7.08. The number of carbonyl (C=O) groups is 2. The molecule has 1 aromatic heterocycles. The highest BCUT2D eigenvalue weighted by Crippen LogP contribution is 2.34. The minimum absolute atomic E-state index is 0.00259. The van der Waals surface area contributed by atoms with E-state index in [1.54, 1.807) is 11.1 Å². The summed E-state index contributed by atoms with van der Waals surface area (Å²) < 4.78 is 5.51. The van der Waals surface area contributed by atoms with Gasteiger partial charge >= 0.3 is 5.97 Å². The van der Waals surface area contributed by atoms with Crippen molar-refractivity contribution in [3.63, 3.8) is 0 Å². The summed E-state index contributed by atoms with van der Waals surface area (Å²) >= 11 is 0. The summed E-state index contributed by atoms with van der Waals surface area (Å²) in [6, 6.07) is 3.78. The van der Waals surface area contributed by atoms with Gasteiger partial charge in [0.05, 0.1) is 25.0 Å². The number of hydrogen-bond acceptors (Lipinski definition) is 4. The van der Waals surface area contributed by atoms with Crippen LogP contribution in [0, 0.1) is 18.8 Å². The van der Waals surface area contributed by atoms with E-state index in [0.29, 0.717) is 19.5 Å². The molecule has 0 saturated carbocycles. The van der Waals surface area contributed by atoms with Gasteiger partial charge in [-0.25, -0.2) is 0 Å². The Bertz CT molecular complexity index is 557. The summed E-state index contributed by atoms with van der Waals surface area (Å²) in [6.45, 7) is 3.12. The molecule has 3 rings (SSSR count). The van der Waals surface area contributed by atoms with Gasteiger partial charge in [-0.05, 0) is 18.6 Å². The fourth-order valence-corrected chi connectivity index (χ4v) is 3.06. The second-order valence-corrected chi connectivity index (χ2v) is 5.76. The Labute approximate surface area is 122 Å². The summed E-state index contributed by atoms with van der Waals surface area (Å²) in [4.78, 5) is 29.3. The highest BCUT2D eigenvalue weighted by atomic mass is 16.5. The number of likely N-dealkylation sites (tertiary alicyclic amines) is 1. The highest BCUT2D eigenvalue weighted by Gasteiger charge is 2.47. The lowest BCUT2D eigenvalue weighted by Crippen LogP contribution is -2.33. The van der Waals surface area contributed by atoms with Crippen LogP contribution in [-0.4, -0.2) is 52.7 Å². The topological polar surface area (TPSA) is 79.7 Å². The Morgan fingerprint density at radius 2 is 2.24 bits per heavy atom. The zero-order chi connectivity index (χ0) is 15.0. The third-order valence-corrected chi connectivity index (χ3v) is 4.31. The molecular formula is C15H18N2O4. The molecule has 2 aliphatic rings. The van der Waals surface area contributed by atoms with Crippen LogP contribution in [0.4, 0.5) is 0 Å². The van der Waals surface area contributed by atoms with E-state index in [4.69, 9.17) is 9.84 Å². The van der Waals surface area contributed by atoms with Crippen LogP contribution in [0.5, 0.6) is 0 Å². The molecule has 3 heterocycles. The van der Waals surface area contributed by atoms with Gasteiger partial charge in [0.15, 0.2) is 0 Å². The number of carboxylic acid groups (broad SMARTS) is 1. The zero-order valence-corrected chi connectivity index (χ0v) is 11.9. The maximum Gasteiger partial charge on any atom is 0.309 e. The van der Waals surface area contributed by atoms with Gasteiger partial charge in [-0.1, -0.05) is 6.07 Å². The van der Waals surface area contributed by atoms with Gasteiger partial charge in [-0.3, -0.25) is 14.6 Å². The minimum atomic E-state index is -0.834. The van der Waals surface area contributed by atoms with E-state index in [2.05, 4.69) is 4.98 Å². The van der Waals surface area contributed by atoms with Gasteiger partial charge in [-0.2, -0.15) is 0 Å². The molecule has 0 unspecified atom stereocenters. The van der Waals surface area contributed by atoms with Crippen LogP contribution >= 0.6 is 0 Å². The molecule has 21 heavy (non-hydrogen) atoms. The van der Waals surface area contributed by atoms with E-state index in [1.165, 1.54) is 0 Å². The molecule has 1 amide bonds. The molecule has 112 valence electrons. The number of ether oxygens (including phenoxy) is 1. The van der Waals surface area contributed by atoms with Crippen LogP contribution in [0.3, 0.4) is 0 Å². The number of nitrogens with zero attached hydrogens (tertiary/aromatic N) is 2. The van der Waals surface area contributed by atoms with Gasteiger partial charge in [0.25, 0.3) is 0 Å². The smallest absolute Gasteiger partial charge is 0.309 e. The number of carboxylic acids is 1. The van der Waals surface area contributed by atoms with E-state index in [0.717, 1.165) is 11.3 Å². The van der Waals surface area contributed by atoms with Crippen molar-refractivity contribution >= 4 is 11.9 Å². The normalized spacial score (nSPS) is 27.7. The molecule has 0 aromatic carbocycles. The third kappa shape index (κ3) is 2.76. The van der Waals surface area contributed by atoms with Gasteiger partial charge in [0.2, 0.25) is 5.91 Å². The summed E-state index contributed by atoms with van der Waals surface area (Å²) in [5.74, 6) is -1.40. The first-order valence-corrected chi connectivity index (χ1v) is 7.08. The molecule has 6 heteroatoms. The van der Waals surface area contributed by atoms with E-state index >= 15 is 0 Å². The van der Waals surface area contributed by atoms with E-state index < -0.39 is 11.9 Å². The van der Waals surface area contributed by atoms with Crippen molar-refractivity contribution in [1.29, 1.82) is 0 Å². The van der Waals surface area contributed by atoms with E-state index in [-0.39, 0.29) is 24.5 Å². The highest BCUT2D eigenvalue weighted by molar-refractivity contribution is 5.79. The maximum absolute atomic E-state index is 12.3. The number of aromatic nitrogens is 1. The van der Waals surface area contributed by atoms with Crippen LogP contribution in [0.1, 0.15) is 11.3 Å². The lowest BCUT2D eigenvalue weighted by Gasteiger charge is -2.18. The Balaban J connectivity index is 1.62. The molecule has 0 radical (unpaired) electrons. The number of hydrogen-bond donors (Lipinski definition) is 1. The largest absolute Gasteiger partial charge is 0.481 e. The van der Waals surface area contributed by atoms with Crippen molar-refractivity contribution in [3.8, 4) is 0 Å². The standard InChI is InChI=1S/C15H18N2O4/c1-9-2-3-10(5-16-9)4-14(18)17-6-11-12(15(19)20)8-21-13(11)7-17/h2-3,5,11-13H,4,6-8H2,1H3,(H,19,20)/t11-,12-,13-/m0/s1. The minimum Gasteiger partial charge on any atom is -0.481 e. The van der Waals surface area contributed by atoms with Gasteiger partial charge < -0.3 is 14.7 Å². The molecule has 0 spiro atoms. The second-order valence-electron chi connectivity index (χ2n) is 5.76. The number of pyridine rings is 1. The SMILES string of the molecule is Cc1ccc(CC(=O)N2C[C@@H]3[C@H](C2)OC[C@@H]3C(=O)O)cn1. The Morgan fingerprint density at radius 1 is 1.43 bits per heavy atom. The van der Waals surface area contributed by atoms with Crippen LogP contribution < -0.4 is 0 Å². The summed E-state index contributed by atoms with van der Waals surface area (Å²) in [7, 11) is 0. The van der Waals surface area contributed by atoms with Crippen LogP contribution in [0.2, 0.25) is 0 Å². The Hall–Kier alpha value is -1.95. The first kappa shape index (κ1) is 14.0. The predicted molar refractivity (Wildman–Crippen MR) is 73.6 cm³/mol. The molecule has 3 atom stereocenters. The second kappa shape index (κ2) is 5.44. The fraction of sp³-hybridized carbons (Fsp3) is 0.533.